The van der Waals surface area contributed by atoms with Crippen molar-refractivity contribution in [1.82, 2.24) is 4.90 Å². The Morgan fingerprint density at radius 3 is 2.61 bits per heavy atom. The SMILES string of the molecule is Cl.[2H]C([2H])([2H])C(N1Cc2c(O)cc(O)cc2C(O)C1)(C([2H])([2H])[2H])C([2H])([2H])[2H]. The Morgan fingerprint density at radius 2 is 2.00 bits per heavy atom. The molecule has 0 spiro atoms. The third kappa shape index (κ3) is 2.71. The van der Waals surface area contributed by atoms with Gasteiger partial charge < -0.3 is 15.3 Å². The van der Waals surface area contributed by atoms with Crippen molar-refractivity contribution in [2.45, 2.75) is 38.7 Å². The molecule has 1 aromatic carbocycles. The van der Waals surface area contributed by atoms with E-state index >= 15 is 0 Å². The smallest absolute Gasteiger partial charge is 0.124 e. The van der Waals surface area contributed by atoms with Crippen molar-refractivity contribution in [2.24, 2.45) is 0 Å². The largest absolute Gasteiger partial charge is 0.508 e. The highest BCUT2D eigenvalue weighted by Crippen LogP contribution is 2.37. The summed E-state index contributed by atoms with van der Waals surface area (Å²) in [6, 6.07) is 2.09. The minimum absolute atomic E-state index is 0. The molecule has 0 saturated carbocycles. The molecule has 1 aromatic rings. The molecular formula is C13H20ClNO3. The van der Waals surface area contributed by atoms with Gasteiger partial charge in [-0.05, 0) is 32.2 Å². The predicted molar refractivity (Wildman–Crippen MR) is 72.1 cm³/mol. The van der Waals surface area contributed by atoms with Crippen molar-refractivity contribution in [3.63, 3.8) is 0 Å². The molecule has 1 atom stereocenters. The van der Waals surface area contributed by atoms with E-state index in [1.165, 1.54) is 0 Å². The molecule has 102 valence electrons. The molecule has 0 fully saturated rings. The number of hydrogen-bond acceptors (Lipinski definition) is 4. The summed E-state index contributed by atoms with van der Waals surface area (Å²) in [5.41, 5.74) is -3.21. The molecule has 3 N–H and O–H groups in total. The molecule has 5 heteroatoms. The highest BCUT2D eigenvalue weighted by Gasteiger charge is 2.32. The zero-order valence-corrected chi connectivity index (χ0v) is 10.2. The van der Waals surface area contributed by atoms with Gasteiger partial charge in [0.25, 0.3) is 0 Å². The second-order valence-electron chi connectivity index (χ2n) is 4.14. The minimum Gasteiger partial charge on any atom is -0.508 e. The van der Waals surface area contributed by atoms with Crippen LogP contribution in [0.2, 0.25) is 0 Å². The van der Waals surface area contributed by atoms with Crippen LogP contribution in [-0.4, -0.2) is 32.3 Å². The first-order chi connectivity index (χ1) is 11.5. The molecule has 1 heterocycles. The van der Waals surface area contributed by atoms with E-state index in [9.17, 15) is 15.3 Å². The molecule has 4 nitrogen and oxygen atoms in total. The lowest BCUT2D eigenvalue weighted by Crippen LogP contribution is -2.45. The van der Waals surface area contributed by atoms with E-state index in [0.717, 1.165) is 12.1 Å². The number of fused-ring (bicyclic) bond motifs is 1. The number of phenols is 2. The Kier molecular flexibility index (Phi) is 1.78. The molecular weight excluding hydrogens is 254 g/mol. The van der Waals surface area contributed by atoms with Crippen LogP contribution in [0.25, 0.3) is 0 Å². The van der Waals surface area contributed by atoms with E-state index in [1.54, 1.807) is 0 Å². The number of halogens is 1. The van der Waals surface area contributed by atoms with E-state index in [1.807, 2.05) is 0 Å². The summed E-state index contributed by atoms with van der Waals surface area (Å²) in [5, 5.41) is 29.9. The van der Waals surface area contributed by atoms with Crippen LogP contribution in [0.5, 0.6) is 11.5 Å². The average Bonchev–Trinajstić information content (AvgIpc) is 2.35. The lowest BCUT2D eigenvalue weighted by molar-refractivity contribution is 0.0363. The van der Waals surface area contributed by atoms with Gasteiger partial charge in [-0.15, -0.1) is 12.4 Å². The average molecular weight is 283 g/mol. The number of aliphatic hydroxyl groups excluding tert-OH is 1. The molecule has 2 rings (SSSR count). The van der Waals surface area contributed by atoms with Gasteiger partial charge in [-0.2, -0.15) is 0 Å². The molecule has 0 aliphatic carbocycles. The first-order valence-electron chi connectivity index (χ1n) is 9.52. The van der Waals surface area contributed by atoms with Gasteiger partial charge in [-0.1, -0.05) is 0 Å². The van der Waals surface area contributed by atoms with Crippen LogP contribution < -0.4 is 0 Å². The topological polar surface area (TPSA) is 63.9 Å². The standard InChI is InChI=1S/C13H19NO3.ClH/c1-13(2,3)14-6-10-9(12(17)7-14)4-8(15)5-11(10)16;/h4-5,12,15-17H,6-7H2,1-3H3;1H/i1D3,2D3,3D3;. The Balaban J connectivity index is 0.00000364. The summed E-state index contributed by atoms with van der Waals surface area (Å²) >= 11 is 0. The maximum atomic E-state index is 10.3. The molecule has 1 unspecified atom stereocenters. The molecule has 0 bridgehead atoms. The summed E-state index contributed by atoms with van der Waals surface area (Å²) in [4.78, 5) is 0.670. The van der Waals surface area contributed by atoms with Crippen molar-refractivity contribution in [2.75, 3.05) is 6.54 Å². The predicted octanol–water partition coefficient (Wildman–Crippen LogP) is 2.17. The van der Waals surface area contributed by atoms with E-state index in [0.29, 0.717) is 4.90 Å². The zero-order chi connectivity index (χ0) is 20.3. The van der Waals surface area contributed by atoms with Gasteiger partial charge in [-0.3, -0.25) is 4.90 Å². The normalized spacial score (nSPS) is 29.6. The van der Waals surface area contributed by atoms with Crippen LogP contribution in [0.3, 0.4) is 0 Å². The molecule has 0 aromatic heterocycles. The van der Waals surface area contributed by atoms with Gasteiger partial charge in [0.1, 0.15) is 11.5 Å². The fraction of sp³-hybridized carbons (Fsp3) is 0.538. The van der Waals surface area contributed by atoms with Crippen LogP contribution in [0.15, 0.2) is 12.1 Å². The number of β-amino-alcohol motifs (C(OH)–C–C–N with tert-alkyl or cyclic N) is 1. The van der Waals surface area contributed by atoms with Gasteiger partial charge in [0, 0.05) is 42.6 Å². The highest BCUT2D eigenvalue weighted by atomic mass is 35.5. The van der Waals surface area contributed by atoms with Crippen molar-refractivity contribution >= 4 is 12.4 Å². The van der Waals surface area contributed by atoms with Crippen molar-refractivity contribution in [1.29, 1.82) is 0 Å². The number of nitrogens with zero attached hydrogens (tertiary/aromatic N) is 1. The maximum absolute atomic E-state index is 10.3. The number of rotatable bonds is 0. The van der Waals surface area contributed by atoms with Crippen molar-refractivity contribution in [3.8, 4) is 11.5 Å². The van der Waals surface area contributed by atoms with Gasteiger partial charge in [0.05, 0.1) is 6.10 Å². The van der Waals surface area contributed by atoms with Crippen LogP contribution in [0.1, 0.15) is 50.1 Å². The summed E-state index contributed by atoms with van der Waals surface area (Å²) in [5.74, 6) is -0.846. The highest BCUT2D eigenvalue weighted by molar-refractivity contribution is 5.85. The van der Waals surface area contributed by atoms with E-state index < -0.39 is 51.0 Å². The molecule has 1 aliphatic rings. The fourth-order valence-electron chi connectivity index (χ4n) is 1.95. The van der Waals surface area contributed by atoms with Crippen LogP contribution >= 0.6 is 12.4 Å². The lowest BCUT2D eigenvalue weighted by atomic mass is 9.92. The van der Waals surface area contributed by atoms with Crippen LogP contribution in [-0.2, 0) is 6.54 Å². The molecule has 0 saturated heterocycles. The van der Waals surface area contributed by atoms with Crippen molar-refractivity contribution in [3.05, 3.63) is 23.3 Å². The van der Waals surface area contributed by atoms with E-state index in [2.05, 4.69) is 0 Å². The number of aromatic hydroxyl groups is 2. The summed E-state index contributed by atoms with van der Waals surface area (Å²) in [6.07, 6.45) is -1.50. The first kappa shape index (κ1) is 6.46. The number of phenolic OH excluding ortho intramolecular Hbond substituents is 2. The monoisotopic (exact) mass is 282 g/mol. The second kappa shape index (κ2) is 4.96. The van der Waals surface area contributed by atoms with Crippen molar-refractivity contribution < 1.29 is 27.7 Å². The maximum Gasteiger partial charge on any atom is 0.124 e. The van der Waals surface area contributed by atoms with E-state index in [-0.39, 0.29) is 29.3 Å². The Bertz CT molecular complexity index is 666. The van der Waals surface area contributed by atoms with Gasteiger partial charge in [0.15, 0.2) is 0 Å². The molecule has 0 amide bonds. The van der Waals surface area contributed by atoms with Gasteiger partial charge in [0.2, 0.25) is 0 Å². The van der Waals surface area contributed by atoms with Crippen LogP contribution in [0, 0.1) is 0 Å². The Labute approximate surface area is 126 Å². The fourth-order valence-corrected chi connectivity index (χ4v) is 1.95. The molecule has 0 radical (unpaired) electrons. The third-order valence-electron chi connectivity index (χ3n) is 2.82. The molecule has 18 heavy (non-hydrogen) atoms. The second-order valence-corrected chi connectivity index (χ2v) is 4.14. The summed E-state index contributed by atoms with van der Waals surface area (Å²) in [7, 11) is 0. The van der Waals surface area contributed by atoms with E-state index in [4.69, 9.17) is 12.3 Å². The molecule has 1 aliphatic heterocycles. The summed E-state index contributed by atoms with van der Waals surface area (Å²) in [6.45, 7) is -11.5. The third-order valence-corrected chi connectivity index (χ3v) is 2.82. The van der Waals surface area contributed by atoms with Gasteiger partial charge in [-0.25, -0.2) is 0 Å². The van der Waals surface area contributed by atoms with Gasteiger partial charge >= 0.3 is 0 Å². The van der Waals surface area contributed by atoms with Crippen LogP contribution in [0.4, 0.5) is 0 Å². The lowest BCUT2D eigenvalue weighted by Gasteiger charge is -2.41. The number of aliphatic hydroxyl groups is 1. The quantitative estimate of drug-likeness (QED) is 0.682. The first-order valence-corrected chi connectivity index (χ1v) is 5.02. The minimum atomic E-state index is -3.45. The summed E-state index contributed by atoms with van der Waals surface area (Å²) < 4.78 is 69.4. The number of benzene rings is 1. The Hall–Kier alpha value is -0.970. The Morgan fingerprint density at radius 1 is 1.33 bits per heavy atom. The zero-order valence-electron chi connectivity index (χ0n) is 18.3. The number of hydrogen-bond donors (Lipinski definition) is 3.